The van der Waals surface area contributed by atoms with Crippen LogP contribution in [-0.2, 0) is 0 Å². The van der Waals surface area contributed by atoms with Crippen molar-refractivity contribution in [2.45, 2.75) is 20.8 Å². The van der Waals surface area contributed by atoms with Gasteiger partial charge >= 0.3 is 0 Å². The molecule has 2 nitrogen and oxygen atoms in total. The molecule has 0 fully saturated rings. The largest absolute Gasteiger partial charge is 0.322 e. The van der Waals surface area contributed by atoms with Crippen molar-refractivity contribution in [2.75, 3.05) is 5.32 Å². The molecule has 0 aliphatic heterocycles. The predicted molar refractivity (Wildman–Crippen MR) is 75.0 cm³/mol. The van der Waals surface area contributed by atoms with E-state index in [0.717, 1.165) is 27.9 Å². The molecule has 18 heavy (non-hydrogen) atoms. The second kappa shape index (κ2) is 5.05. The zero-order valence-electron chi connectivity index (χ0n) is 10.9. The minimum atomic E-state index is -0.0539. The molecule has 92 valence electrons. The maximum absolute atomic E-state index is 12.2. The number of hydrogen-bond acceptors (Lipinski definition) is 1. The third kappa shape index (κ3) is 2.59. The standard InChI is InChI=1S/C16H17NO/c1-11-6-4-8-14(10-11)17-16(18)15-9-5-7-12(2)13(15)3/h4-10H,1-3H3,(H,17,18). The lowest BCUT2D eigenvalue weighted by molar-refractivity contribution is 0.102. The average molecular weight is 239 g/mol. The summed E-state index contributed by atoms with van der Waals surface area (Å²) in [5, 5.41) is 2.93. The van der Waals surface area contributed by atoms with Crippen molar-refractivity contribution in [3.05, 3.63) is 64.7 Å². The molecule has 0 aliphatic carbocycles. The molecule has 0 aromatic heterocycles. The highest BCUT2D eigenvalue weighted by atomic mass is 16.1. The van der Waals surface area contributed by atoms with E-state index in [1.165, 1.54) is 0 Å². The lowest BCUT2D eigenvalue weighted by Crippen LogP contribution is -2.13. The molecule has 0 aliphatic rings. The van der Waals surface area contributed by atoms with Crippen LogP contribution in [0.3, 0.4) is 0 Å². The van der Waals surface area contributed by atoms with Crippen LogP contribution >= 0.6 is 0 Å². The van der Waals surface area contributed by atoms with Crippen molar-refractivity contribution >= 4 is 11.6 Å². The number of carbonyl (C=O) groups is 1. The van der Waals surface area contributed by atoms with Crippen LogP contribution in [0.4, 0.5) is 5.69 Å². The van der Waals surface area contributed by atoms with Crippen LogP contribution in [0.15, 0.2) is 42.5 Å². The van der Waals surface area contributed by atoms with Crippen LogP contribution in [0.25, 0.3) is 0 Å². The van der Waals surface area contributed by atoms with E-state index in [2.05, 4.69) is 5.32 Å². The molecule has 1 amide bonds. The second-order valence-corrected chi connectivity index (χ2v) is 4.57. The highest BCUT2D eigenvalue weighted by Gasteiger charge is 2.10. The van der Waals surface area contributed by atoms with Crippen molar-refractivity contribution in [1.82, 2.24) is 0 Å². The second-order valence-electron chi connectivity index (χ2n) is 4.57. The molecule has 2 aromatic rings. The fourth-order valence-electron chi connectivity index (χ4n) is 1.92. The Morgan fingerprint density at radius 2 is 1.72 bits per heavy atom. The van der Waals surface area contributed by atoms with Gasteiger partial charge in [0.15, 0.2) is 0 Å². The number of nitrogens with one attached hydrogen (secondary N) is 1. The van der Waals surface area contributed by atoms with Crippen molar-refractivity contribution in [3.63, 3.8) is 0 Å². The van der Waals surface area contributed by atoms with Gasteiger partial charge in [-0.15, -0.1) is 0 Å². The van der Waals surface area contributed by atoms with E-state index in [1.807, 2.05) is 63.2 Å². The van der Waals surface area contributed by atoms with E-state index in [1.54, 1.807) is 0 Å². The monoisotopic (exact) mass is 239 g/mol. The van der Waals surface area contributed by atoms with Crippen molar-refractivity contribution in [2.24, 2.45) is 0 Å². The molecule has 2 heteroatoms. The van der Waals surface area contributed by atoms with Gasteiger partial charge in [0, 0.05) is 11.3 Å². The van der Waals surface area contributed by atoms with E-state index in [-0.39, 0.29) is 5.91 Å². The summed E-state index contributed by atoms with van der Waals surface area (Å²) in [4.78, 5) is 12.2. The number of anilines is 1. The maximum Gasteiger partial charge on any atom is 0.255 e. The zero-order chi connectivity index (χ0) is 13.1. The normalized spacial score (nSPS) is 10.2. The first kappa shape index (κ1) is 12.4. The van der Waals surface area contributed by atoms with Crippen molar-refractivity contribution in [3.8, 4) is 0 Å². The number of aryl methyl sites for hydroxylation is 2. The first-order chi connectivity index (χ1) is 8.58. The van der Waals surface area contributed by atoms with Gasteiger partial charge in [0.05, 0.1) is 0 Å². The quantitative estimate of drug-likeness (QED) is 0.847. The number of hydrogen-bond donors (Lipinski definition) is 1. The molecule has 0 unspecified atom stereocenters. The van der Waals surface area contributed by atoms with Gasteiger partial charge in [-0.2, -0.15) is 0 Å². The summed E-state index contributed by atoms with van der Waals surface area (Å²) >= 11 is 0. The lowest BCUT2D eigenvalue weighted by Gasteiger charge is -2.09. The molecule has 0 saturated heterocycles. The van der Waals surface area contributed by atoms with Gasteiger partial charge < -0.3 is 5.32 Å². The molecule has 0 atom stereocenters. The maximum atomic E-state index is 12.2. The SMILES string of the molecule is Cc1cccc(NC(=O)c2cccc(C)c2C)c1. The van der Waals surface area contributed by atoms with Crippen LogP contribution in [0.1, 0.15) is 27.0 Å². The highest BCUT2D eigenvalue weighted by Crippen LogP contribution is 2.16. The van der Waals surface area contributed by atoms with Gasteiger partial charge in [-0.05, 0) is 55.7 Å². The molecular weight excluding hydrogens is 222 g/mol. The molecule has 2 rings (SSSR count). The van der Waals surface area contributed by atoms with Gasteiger partial charge in [-0.3, -0.25) is 4.79 Å². The Hall–Kier alpha value is -2.09. The summed E-state index contributed by atoms with van der Waals surface area (Å²) in [7, 11) is 0. The minimum Gasteiger partial charge on any atom is -0.322 e. The van der Waals surface area contributed by atoms with E-state index in [4.69, 9.17) is 0 Å². The third-order valence-electron chi connectivity index (χ3n) is 3.13. The van der Waals surface area contributed by atoms with Crippen LogP contribution in [0.5, 0.6) is 0 Å². The molecule has 0 radical (unpaired) electrons. The smallest absolute Gasteiger partial charge is 0.255 e. The number of benzene rings is 2. The first-order valence-corrected chi connectivity index (χ1v) is 6.02. The van der Waals surface area contributed by atoms with E-state index in [0.29, 0.717) is 0 Å². The van der Waals surface area contributed by atoms with Crippen LogP contribution in [-0.4, -0.2) is 5.91 Å². The summed E-state index contributed by atoms with van der Waals surface area (Å²) in [6.45, 7) is 5.99. The van der Waals surface area contributed by atoms with Gasteiger partial charge in [-0.25, -0.2) is 0 Å². The highest BCUT2D eigenvalue weighted by molar-refractivity contribution is 6.05. The third-order valence-corrected chi connectivity index (χ3v) is 3.13. The van der Waals surface area contributed by atoms with Crippen LogP contribution < -0.4 is 5.32 Å². The molecule has 2 aromatic carbocycles. The number of carbonyl (C=O) groups excluding carboxylic acids is 1. The Morgan fingerprint density at radius 3 is 2.44 bits per heavy atom. The van der Waals surface area contributed by atoms with Crippen LogP contribution in [0.2, 0.25) is 0 Å². The zero-order valence-corrected chi connectivity index (χ0v) is 10.9. The minimum absolute atomic E-state index is 0.0539. The average Bonchev–Trinajstić information content (AvgIpc) is 2.32. The molecule has 0 spiro atoms. The van der Waals surface area contributed by atoms with E-state index in [9.17, 15) is 4.79 Å². The van der Waals surface area contributed by atoms with Gasteiger partial charge in [0.25, 0.3) is 5.91 Å². The molecule has 0 heterocycles. The van der Waals surface area contributed by atoms with Crippen LogP contribution in [0, 0.1) is 20.8 Å². The van der Waals surface area contributed by atoms with E-state index >= 15 is 0 Å². The topological polar surface area (TPSA) is 29.1 Å². The number of amides is 1. The summed E-state index contributed by atoms with van der Waals surface area (Å²) in [6.07, 6.45) is 0. The predicted octanol–water partition coefficient (Wildman–Crippen LogP) is 3.86. The first-order valence-electron chi connectivity index (χ1n) is 6.02. The van der Waals surface area contributed by atoms with Gasteiger partial charge in [-0.1, -0.05) is 24.3 Å². The fraction of sp³-hybridized carbons (Fsp3) is 0.188. The molecule has 1 N–H and O–H groups in total. The summed E-state index contributed by atoms with van der Waals surface area (Å²) in [5.41, 5.74) is 4.86. The Bertz CT molecular complexity index is 587. The van der Waals surface area contributed by atoms with E-state index < -0.39 is 0 Å². The Balaban J connectivity index is 2.25. The molecular formula is C16H17NO. The lowest BCUT2D eigenvalue weighted by atomic mass is 10.0. The Labute approximate surface area is 108 Å². The summed E-state index contributed by atoms with van der Waals surface area (Å²) in [6, 6.07) is 13.6. The molecule has 0 saturated carbocycles. The summed E-state index contributed by atoms with van der Waals surface area (Å²) in [5.74, 6) is -0.0539. The summed E-state index contributed by atoms with van der Waals surface area (Å²) < 4.78 is 0. The van der Waals surface area contributed by atoms with Gasteiger partial charge in [0.1, 0.15) is 0 Å². The van der Waals surface area contributed by atoms with Crippen molar-refractivity contribution < 1.29 is 4.79 Å². The fourth-order valence-corrected chi connectivity index (χ4v) is 1.92. The Morgan fingerprint density at radius 1 is 1.00 bits per heavy atom. The van der Waals surface area contributed by atoms with Crippen molar-refractivity contribution in [1.29, 1.82) is 0 Å². The number of rotatable bonds is 2. The van der Waals surface area contributed by atoms with Gasteiger partial charge in [0.2, 0.25) is 0 Å². The molecule has 0 bridgehead atoms. The Kier molecular flexibility index (Phi) is 3.47.